The first kappa shape index (κ1) is 13.4. The van der Waals surface area contributed by atoms with Crippen molar-refractivity contribution in [2.45, 2.75) is 36.2 Å². The summed E-state index contributed by atoms with van der Waals surface area (Å²) in [6.07, 6.45) is 2.86. The first-order valence-electron chi connectivity index (χ1n) is 6.09. The maximum Gasteiger partial charge on any atom is 0.234 e. The highest BCUT2D eigenvalue weighted by molar-refractivity contribution is 7.99. The number of primary amides is 1. The number of nitrogens with two attached hydrogens (primary N) is 1. The third-order valence-electron chi connectivity index (χ3n) is 2.86. The zero-order valence-corrected chi connectivity index (χ0v) is 10.9. The summed E-state index contributed by atoms with van der Waals surface area (Å²) in [4.78, 5) is 11.9. The molecule has 0 bridgehead atoms. The summed E-state index contributed by atoms with van der Waals surface area (Å²) in [5.41, 5.74) is 5.34. The molecule has 0 aliphatic heterocycles. The van der Waals surface area contributed by atoms with Crippen molar-refractivity contribution >= 4 is 17.7 Å². The average molecular weight is 268 g/mol. The first-order valence-corrected chi connectivity index (χ1v) is 7.08. The highest BCUT2D eigenvalue weighted by Gasteiger charge is 2.26. The van der Waals surface area contributed by atoms with Crippen molar-refractivity contribution in [2.24, 2.45) is 5.73 Å². The zero-order chi connectivity index (χ0) is 13.0. The number of carbonyl (C=O) groups excluding carboxylic acids is 1. The van der Waals surface area contributed by atoms with Gasteiger partial charge < -0.3 is 11.1 Å². The van der Waals surface area contributed by atoms with Crippen LogP contribution in [0.15, 0.2) is 29.2 Å². The molecule has 1 unspecified atom stereocenters. The van der Waals surface area contributed by atoms with Crippen LogP contribution in [0.25, 0.3) is 0 Å². The fourth-order valence-corrected chi connectivity index (χ4v) is 2.64. The van der Waals surface area contributed by atoms with E-state index < -0.39 is 0 Å². The molecule has 18 heavy (non-hydrogen) atoms. The molecule has 98 valence electrons. The Morgan fingerprint density at radius 2 is 2.22 bits per heavy atom. The van der Waals surface area contributed by atoms with E-state index in [-0.39, 0.29) is 17.8 Å². The van der Waals surface area contributed by atoms with Crippen LogP contribution in [0.1, 0.15) is 19.3 Å². The number of amides is 1. The smallest absolute Gasteiger partial charge is 0.234 e. The molecule has 0 radical (unpaired) electrons. The molecular formula is C13H17FN2OS. The van der Waals surface area contributed by atoms with Gasteiger partial charge in [-0.3, -0.25) is 4.79 Å². The maximum atomic E-state index is 13.4. The lowest BCUT2D eigenvalue weighted by molar-refractivity contribution is -0.120. The van der Waals surface area contributed by atoms with Gasteiger partial charge >= 0.3 is 0 Å². The van der Waals surface area contributed by atoms with Crippen molar-refractivity contribution in [2.75, 3.05) is 5.75 Å². The lowest BCUT2D eigenvalue weighted by Crippen LogP contribution is -2.42. The second-order valence-electron chi connectivity index (χ2n) is 4.46. The molecule has 1 aliphatic rings. The van der Waals surface area contributed by atoms with Gasteiger partial charge in [-0.25, -0.2) is 4.39 Å². The molecule has 1 amide bonds. The van der Waals surface area contributed by atoms with E-state index in [1.54, 1.807) is 18.2 Å². The number of benzene rings is 1. The summed E-state index contributed by atoms with van der Waals surface area (Å²) in [7, 11) is 0. The Kier molecular flexibility index (Phi) is 4.60. The molecule has 0 heterocycles. The predicted molar refractivity (Wildman–Crippen MR) is 70.9 cm³/mol. The molecule has 1 aromatic rings. The summed E-state index contributed by atoms with van der Waals surface area (Å²) < 4.78 is 13.4. The standard InChI is InChI=1S/C13H17FN2OS/c14-10-3-1-2-4-12(10)18-8-7-11(13(15)17)16-9-5-6-9/h1-4,9,11,16H,5-8H2,(H2,15,17). The Hall–Kier alpha value is -1.07. The Morgan fingerprint density at radius 3 is 2.83 bits per heavy atom. The van der Waals surface area contributed by atoms with Crippen molar-refractivity contribution in [1.82, 2.24) is 5.32 Å². The van der Waals surface area contributed by atoms with Gasteiger partial charge in [-0.05, 0) is 31.4 Å². The van der Waals surface area contributed by atoms with E-state index in [2.05, 4.69) is 5.32 Å². The lowest BCUT2D eigenvalue weighted by Gasteiger charge is -2.14. The van der Waals surface area contributed by atoms with Crippen LogP contribution in [-0.2, 0) is 4.79 Å². The average Bonchev–Trinajstić information content (AvgIpc) is 3.14. The number of rotatable bonds is 7. The molecule has 0 aromatic heterocycles. The molecular weight excluding hydrogens is 251 g/mol. The second-order valence-corrected chi connectivity index (χ2v) is 5.60. The minimum atomic E-state index is -0.323. The lowest BCUT2D eigenvalue weighted by atomic mass is 10.2. The molecule has 0 saturated heterocycles. The van der Waals surface area contributed by atoms with Crippen molar-refractivity contribution in [3.63, 3.8) is 0 Å². The fraction of sp³-hybridized carbons (Fsp3) is 0.462. The largest absolute Gasteiger partial charge is 0.368 e. The molecule has 1 fully saturated rings. The van der Waals surface area contributed by atoms with Crippen LogP contribution in [0.5, 0.6) is 0 Å². The third-order valence-corrected chi connectivity index (χ3v) is 3.94. The summed E-state index contributed by atoms with van der Waals surface area (Å²) >= 11 is 1.42. The van der Waals surface area contributed by atoms with Crippen molar-refractivity contribution in [3.05, 3.63) is 30.1 Å². The molecule has 5 heteroatoms. The summed E-state index contributed by atoms with van der Waals surface area (Å²) in [6, 6.07) is 6.81. The van der Waals surface area contributed by atoms with E-state index in [4.69, 9.17) is 5.73 Å². The van der Waals surface area contributed by atoms with Gasteiger partial charge in [0.1, 0.15) is 5.82 Å². The highest BCUT2D eigenvalue weighted by Crippen LogP contribution is 2.24. The van der Waals surface area contributed by atoms with E-state index in [9.17, 15) is 9.18 Å². The van der Waals surface area contributed by atoms with Crippen molar-refractivity contribution in [1.29, 1.82) is 0 Å². The molecule has 3 N–H and O–H groups in total. The van der Waals surface area contributed by atoms with Gasteiger partial charge in [0, 0.05) is 16.7 Å². The second kappa shape index (κ2) is 6.20. The normalized spacial score (nSPS) is 16.5. The van der Waals surface area contributed by atoms with Gasteiger partial charge in [0.05, 0.1) is 6.04 Å². The Bertz CT molecular complexity index is 423. The van der Waals surface area contributed by atoms with Gasteiger partial charge in [0.2, 0.25) is 5.91 Å². The molecule has 1 saturated carbocycles. The number of carbonyl (C=O) groups is 1. The summed E-state index contributed by atoms with van der Waals surface area (Å²) in [5.74, 6) is 0.137. The maximum absolute atomic E-state index is 13.4. The number of hydrogen-bond acceptors (Lipinski definition) is 3. The SMILES string of the molecule is NC(=O)C(CCSc1ccccc1F)NC1CC1. The topological polar surface area (TPSA) is 55.1 Å². The Balaban J connectivity index is 1.79. The van der Waals surface area contributed by atoms with Crippen LogP contribution < -0.4 is 11.1 Å². The summed E-state index contributed by atoms with van der Waals surface area (Å²) in [6.45, 7) is 0. The van der Waals surface area contributed by atoms with Crippen LogP contribution in [0.2, 0.25) is 0 Å². The van der Waals surface area contributed by atoms with E-state index in [1.807, 2.05) is 0 Å². The predicted octanol–water partition coefficient (Wildman–Crippen LogP) is 1.91. The Labute approximate surface area is 110 Å². The highest BCUT2D eigenvalue weighted by atomic mass is 32.2. The van der Waals surface area contributed by atoms with E-state index in [0.29, 0.717) is 23.1 Å². The quantitative estimate of drug-likeness (QED) is 0.743. The van der Waals surface area contributed by atoms with Gasteiger partial charge in [-0.2, -0.15) is 0 Å². The van der Waals surface area contributed by atoms with Crippen molar-refractivity contribution in [3.8, 4) is 0 Å². The van der Waals surface area contributed by atoms with Crippen LogP contribution in [0.3, 0.4) is 0 Å². The molecule has 0 spiro atoms. The number of halogens is 1. The van der Waals surface area contributed by atoms with Gasteiger partial charge in [0.15, 0.2) is 0 Å². The van der Waals surface area contributed by atoms with Gasteiger partial charge in [-0.15, -0.1) is 11.8 Å². The van der Waals surface area contributed by atoms with Crippen LogP contribution in [0, 0.1) is 5.82 Å². The minimum Gasteiger partial charge on any atom is -0.368 e. The van der Waals surface area contributed by atoms with Crippen molar-refractivity contribution < 1.29 is 9.18 Å². The number of nitrogens with one attached hydrogen (secondary N) is 1. The van der Waals surface area contributed by atoms with E-state index in [1.165, 1.54) is 17.8 Å². The van der Waals surface area contributed by atoms with Crippen LogP contribution in [-0.4, -0.2) is 23.7 Å². The number of hydrogen-bond donors (Lipinski definition) is 2. The first-order chi connectivity index (χ1) is 8.66. The number of thioether (sulfide) groups is 1. The summed E-state index contributed by atoms with van der Waals surface area (Å²) in [5, 5.41) is 3.21. The minimum absolute atomic E-state index is 0.215. The molecule has 1 aromatic carbocycles. The fourth-order valence-electron chi connectivity index (χ4n) is 1.69. The van der Waals surface area contributed by atoms with Gasteiger partial charge in [-0.1, -0.05) is 12.1 Å². The Morgan fingerprint density at radius 1 is 1.50 bits per heavy atom. The van der Waals surface area contributed by atoms with Crippen LogP contribution in [0.4, 0.5) is 4.39 Å². The zero-order valence-electron chi connectivity index (χ0n) is 10.1. The monoisotopic (exact) mass is 268 g/mol. The van der Waals surface area contributed by atoms with Crippen LogP contribution >= 0.6 is 11.8 Å². The van der Waals surface area contributed by atoms with E-state index >= 15 is 0 Å². The van der Waals surface area contributed by atoms with E-state index in [0.717, 1.165) is 12.8 Å². The molecule has 3 nitrogen and oxygen atoms in total. The molecule has 1 aliphatic carbocycles. The molecule has 2 rings (SSSR count). The molecule has 1 atom stereocenters. The third kappa shape index (κ3) is 3.99. The van der Waals surface area contributed by atoms with Gasteiger partial charge in [0.25, 0.3) is 0 Å².